The van der Waals surface area contributed by atoms with E-state index in [9.17, 15) is 4.79 Å². The van der Waals surface area contributed by atoms with Crippen LogP contribution in [0.2, 0.25) is 0 Å². The van der Waals surface area contributed by atoms with E-state index in [1.807, 2.05) is 0 Å². The summed E-state index contributed by atoms with van der Waals surface area (Å²) in [6, 6.07) is 0. The molecule has 4 saturated carbocycles. The van der Waals surface area contributed by atoms with Crippen molar-refractivity contribution in [3.8, 4) is 0 Å². The van der Waals surface area contributed by atoms with Crippen LogP contribution in [0.5, 0.6) is 0 Å². The molecule has 95 valence electrons. The molecule has 0 amide bonds. The second-order valence-electron chi connectivity index (χ2n) is 7.18. The highest BCUT2D eigenvalue weighted by Crippen LogP contribution is 2.64. The van der Waals surface area contributed by atoms with Crippen LogP contribution in [0.1, 0.15) is 52.4 Å². The summed E-state index contributed by atoms with van der Waals surface area (Å²) in [5, 5.41) is 0. The normalized spacial score (nSPS) is 43.8. The van der Waals surface area contributed by atoms with Crippen molar-refractivity contribution in [3.05, 3.63) is 6.92 Å². The molecule has 0 aliphatic heterocycles. The average Bonchev–Trinajstić information content (AvgIpc) is 2.12. The van der Waals surface area contributed by atoms with Crippen LogP contribution in [-0.2, 0) is 9.53 Å². The number of esters is 1. The van der Waals surface area contributed by atoms with Gasteiger partial charge in [0, 0.05) is 5.41 Å². The third-order valence-electron chi connectivity index (χ3n) is 5.68. The first-order valence-corrected chi connectivity index (χ1v) is 6.95. The standard InChI is InChI=1S/C15H23O2/c1-10(16)17-14(2,3)15-7-11-4-12(8-15)6-13(5-11)9-15/h11-13H,1,4-9H2,2-3H3. The Morgan fingerprint density at radius 2 is 1.53 bits per heavy atom. The summed E-state index contributed by atoms with van der Waals surface area (Å²) < 4.78 is 5.57. The number of rotatable bonds is 2. The zero-order valence-corrected chi connectivity index (χ0v) is 11.0. The minimum absolute atomic E-state index is 0.245. The number of carbonyl (C=O) groups excluding carboxylic acids is 1. The Morgan fingerprint density at radius 1 is 1.12 bits per heavy atom. The van der Waals surface area contributed by atoms with Crippen molar-refractivity contribution in [2.24, 2.45) is 23.2 Å². The summed E-state index contributed by atoms with van der Waals surface area (Å²) in [5.74, 6) is 2.31. The minimum atomic E-state index is -0.370. The molecule has 0 saturated heterocycles. The van der Waals surface area contributed by atoms with Crippen molar-refractivity contribution in [2.45, 2.75) is 58.0 Å². The van der Waals surface area contributed by atoms with Crippen LogP contribution in [0, 0.1) is 30.1 Å². The van der Waals surface area contributed by atoms with Gasteiger partial charge in [0.25, 0.3) is 0 Å². The maximum atomic E-state index is 11.2. The van der Waals surface area contributed by atoms with Gasteiger partial charge in [0.15, 0.2) is 0 Å². The second kappa shape index (κ2) is 3.49. The molecule has 0 aromatic carbocycles. The van der Waals surface area contributed by atoms with Crippen molar-refractivity contribution in [1.29, 1.82) is 0 Å². The molecule has 4 bridgehead atoms. The van der Waals surface area contributed by atoms with Gasteiger partial charge in [0.05, 0.1) is 6.92 Å². The summed E-state index contributed by atoms with van der Waals surface area (Å²) in [6.07, 6.45) is 8.06. The topological polar surface area (TPSA) is 26.3 Å². The Bertz CT molecular complexity index is 308. The third kappa shape index (κ3) is 1.71. The monoisotopic (exact) mass is 235 g/mol. The fraction of sp³-hybridized carbons (Fsp3) is 0.867. The average molecular weight is 235 g/mol. The van der Waals surface area contributed by atoms with Crippen molar-refractivity contribution < 1.29 is 9.53 Å². The van der Waals surface area contributed by atoms with Gasteiger partial charge < -0.3 is 4.74 Å². The van der Waals surface area contributed by atoms with Gasteiger partial charge in [-0.2, -0.15) is 0 Å². The van der Waals surface area contributed by atoms with Crippen molar-refractivity contribution in [1.82, 2.24) is 0 Å². The van der Waals surface area contributed by atoms with Gasteiger partial charge in [-0.15, -0.1) is 0 Å². The van der Waals surface area contributed by atoms with Gasteiger partial charge in [0.1, 0.15) is 5.60 Å². The molecule has 0 spiro atoms. The smallest absolute Gasteiger partial charge is 0.306 e. The van der Waals surface area contributed by atoms with Crippen molar-refractivity contribution >= 4 is 5.97 Å². The number of ether oxygens (including phenoxy) is 1. The minimum Gasteiger partial charge on any atom is -0.459 e. The molecule has 17 heavy (non-hydrogen) atoms. The number of hydrogen-bond donors (Lipinski definition) is 0. The molecule has 4 aliphatic carbocycles. The Labute approximate surface area is 104 Å². The molecule has 0 N–H and O–H groups in total. The van der Waals surface area contributed by atoms with Gasteiger partial charge in [-0.05, 0) is 70.1 Å². The highest BCUT2D eigenvalue weighted by Gasteiger charge is 2.58. The van der Waals surface area contributed by atoms with Crippen LogP contribution < -0.4 is 0 Å². The molecule has 2 nitrogen and oxygen atoms in total. The van der Waals surface area contributed by atoms with E-state index in [2.05, 4.69) is 20.8 Å². The van der Waals surface area contributed by atoms with Gasteiger partial charge >= 0.3 is 5.97 Å². The van der Waals surface area contributed by atoms with Crippen LogP contribution >= 0.6 is 0 Å². The van der Waals surface area contributed by atoms with E-state index in [1.54, 1.807) is 0 Å². The summed E-state index contributed by atoms with van der Waals surface area (Å²) >= 11 is 0. The molecule has 2 heteroatoms. The second-order valence-corrected chi connectivity index (χ2v) is 7.18. The van der Waals surface area contributed by atoms with E-state index in [4.69, 9.17) is 4.74 Å². The quantitative estimate of drug-likeness (QED) is 0.686. The van der Waals surface area contributed by atoms with E-state index < -0.39 is 0 Å². The Balaban J connectivity index is 1.88. The van der Waals surface area contributed by atoms with Gasteiger partial charge in [-0.25, -0.2) is 0 Å². The molecule has 4 fully saturated rings. The van der Waals surface area contributed by atoms with E-state index in [-0.39, 0.29) is 17.0 Å². The van der Waals surface area contributed by atoms with Crippen molar-refractivity contribution in [2.75, 3.05) is 0 Å². The van der Waals surface area contributed by atoms with Gasteiger partial charge in [0.2, 0.25) is 0 Å². The zero-order valence-electron chi connectivity index (χ0n) is 11.0. The molecule has 0 heterocycles. The lowest BCUT2D eigenvalue weighted by Crippen LogP contribution is -2.57. The maximum absolute atomic E-state index is 11.2. The fourth-order valence-corrected chi connectivity index (χ4v) is 5.24. The molecule has 1 radical (unpaired) electrons. The molecule has 4 rings (SSSR count). The predicted octanol–water partition coefficient (Wildman–Crippen LogP) is 3.36. The number of hydrogen-bond acceptors (Lipinski definition) is 2. The largest absolute Gasteiger partial charge is 0.459 e. The number of carbonyl (C=O) groups is 1. The van der Waals surface area contributed by atoms with Crippen LogP contribution in [0.4, 0.5) is 0 Å². The Morgan fingerprint density at radius 3 is 1.88 bits per heavy atom. The first-order chi connectivity index (χ1) is 7.90. The Hall–Kier alpha value is -0.530. The first kappa shape index (κ1) is 11.6. The summed E-state index contributed by atoms with van der Waals surface area (Å²) in [7, 11) is 0. The van der Waals surface area contributed by atoms with Gasteiger partial charge in [-0.3, -0.25) is 4.79 Å². The van der Waals surface area contributed by atoms with Crippen molar-refractivity contribution in [3.63, 3.8) is 0 Å². The van der Waals surface area contributed by atoms with Gasteiger partial charge in [-0.1, -0.05) is 0 Å². The lowest BCUT2D eigenvalue weighted by molar-refractivity contribution is -0.194. The highest BCUT2D eigenvalue weighted by molar-refractivity contribution is 5.74. The van der Waals surface area contributed by atoms with Crippen LogP contribution in [-0.4, -0.2) is 11.6 Å². The van der Waals surface area contributed by atoms with E-state index in [0.29, 0.717) is 0 Å². The van der Waals surface area contributed by atoms with E-state index >= 15 is 0 Å². The summed E-state index contributed by atoms with van der Waals surface area (Å²) in [5.41, 5.74) is -0.0864. The predicted molar refractivity (Wildman–Crippen MR) is 66.1 cm³/mol. The molecule has 0 aromatic rings. The molecule has 0 atom stereocenters. The first-order valence-electron chi connectivity index (χ1n) is 6.95. The third-order valence-corrected chi connectivity index (χ3v) is 5.68. The summed E-state index contributed by atoms with van der Waals surface area (Å²) in [4.78, 5) is 11.2. The summed E-state index contributed by atoms with van der Waals surface area (Å²) in [6.45, 7) is 7.59. The SMILES string of the molecule is [CH2]C(=O)OC(C)(C)C12CC3CC(CC(C3)C1)C2. The Kier molecular flexibility index (Phi) is 2.37. The van der Waals surface area contributed by atoms with Crippen LogP contribution in [0.15, 0.2) is 0 Å². The molecule has 4 aliphatic rings. The molecular formula is C15H23O2. The van der Waals surface area contributed by atoms with E-state index in [0.717, 1.165) is 17.8 Å². The lowest BCUT2D eigenvalue weighted by atomic mass is 9.46. The maximum Gasteiger partial charge on any atom is 0.306 e. The fourth-order valence-electron chi connectivity index (χ4n) is 5.24. The van der Waals surface area contributed by atoms with Crippen LogP contribution in [0.3, 0.4) is 0 Å². The van der Waals surface area contributed by atoms with E-state index in [1.165, 1.54) is 38.5 Å². The van der Waals surface area contributed by atoms with Crippen LogP contribution in [0.25, 0.3) is 0 Å². The highest BCUT2D eigenvalue weighted by atomic mass is 16.6. The lowest BCUT2D eigenvalue weighted by Gasteiger charge is -2.61. The molecule has 0 aromatic heterocycles. The molecule has 0 unspecified atom stereocenters. The molecular weight excluding hydrogens is 212 g/mol. The zero-order chi connectivity index (χ0) is 12.3.